The molecule has 2 unspecified atom stereocenters. The van der Waals surface area contributed by atoms with Gasteiger partial charge in [-0.15, -0.1) is 0 Å². The third-order valence-electron chi connectivity index (χ3n) is 4.37. The minimum absolute atomic E-state index is 0.381. The lowest BCUT2D eigenvalue weighted by atomic mass is 9.81. The topological polar surface area (TPSA) is 38.5 Å². The van der Waals surface area contributed by atoms with E-state index in [1.165, 1.54) is 24.9 Å². The van der Waals surface area contributed by atoms with Gasteiger partial charge in [0.2, 0.25) is 0 Å². The van der Waals surface area contributed by atoms with Gasteiger partial charge in [-0.3, -0.25) is 0 Å². The first-order valence-corrected chi connectivity index (χ1v) is 6.96. The molecule has 3 nitrogen and oxygen atoms in total. The van der Waals surface area contributed by atoms with Crippen LogP contribution in [0.2, 0.25) is 0 Å². The molecule has 0 spiro atoms. The van der Waals surface area contributed by atoms with Gasteiger partial charge in [0, 0.05) is 18.1 Å². The zero-order valence-electron chi connectivity index (χ0n) is 11.0. The highest BCUT2D eigenvalue weighted by molar-refractivity contribution is 5.60. The van der Waals surface area contributed by atoms with E-state index in [9.17, 15) is 0 Å². The Bertz CT molecular complexity index is 407. The first-order valence-electron chi connectivity index (χ1n) is 6.96. The van der Waals surface area contributed by atoms with Crippen molar-refractivity contribution in [2.24, 2.45) is 5.73 Å². The fraction of sp³-hybridized carbons (Fsp3) is 0.600. The molecule has 2 N–H and O–H groups in total. The number of benzene rings is 1. The van der Waals surface area contributed by atoms with Crippen LogP contribution in [0.4, 0.5) is 5.69 Å². The molecule has 1 aromatic carbocycles. The summed E-state index contributed by atoms with van der Waals surface area (Å²) in [6, 6.07) is 9.95. The number of nitrogens with zero attached hydrogens (tertiary/aromatic N) is 1. The van der Waals surface area contributed by atoms with Gasteiger partial charge in [0.25, 0.3) is 0 Å². The first-order chi connectivity index (χ1) is 8.79. The van der Waals surface area contributed by atoms with E-state index >= 15 is 0 Å². The zero-order valence-corrected chi connectivity index (χ0v) is 11.0. The molecule has 98 valence electrons. The molecule has 1 aromatic rings. The molecule has 2 saturated heterocycles. The van der Waals surface area contributed by atoms with Crippen LogP contribution in [-0.2, 0) is 0 Å². The molecule has 2 bridgehead atoms. The molecule has 0 aromatic heterocycles. The van der Waals surface area contributed by atoms with Gasteiger partial charge in [-0.2, -0.15) is 0 Å². The fourth-order valence-electron chi connectivity index (χ4n) is 3.66. The second-order valence-corrected chi connectivity index (χ2v) is 5.55. The van der Waals surface area contributed by atoms with Crippen molar-refractivity contribution in [1.29, 1.82) is 0 Å². The van der Waals surface area contributed by atoms with Gasteiger partial charge in [-0.25, -0.2) is 0 Å². The Hall–Kier alpha value is -1.22. The first kappa shape index (κ1) is 11.8. The second kappa shape index (κ2) is 4.81. The number of hydrogen-bond acceptors (Lipinski definition) is 3. The van der Waals surface area contributed by atoms with E-state index in [2.05, 4.69) is 23.1 Å². The quantitative estimate of drug-likeness (QED) is 0.871. The summed E-state index contributed by atoms with van der Waals surface area (Å²) in [7, 11) is 1.75. The van der Waals surface area contributed by atoms with Crippen LogP contribution >= 0.6 is 0 Å². The van der Waals surface area contributed by atoms with Crippen molar-refractivity contribution in [3.05, 3.63) is 24.3 Å². The summed E-state index contributed by atoms with van der Waals surface area (Å²) < 4.78 is 5.52. The van der Waals surface area contributed by atoms with Gasteiger partial charge in [0.05, 0.1) is 12.8 Å². The van der Waals surface area contributed by atoms with Gasteiger partial charge in [-0.05, 0) is 44.2 Å². The SMILES string of the molecule is COc1ccccc1N1C2CCCC1CC(N)C2. The lowest BCUT2D eigenvalue weighted by Crippen LogP contribution is -2.55. The molecule has 2 heterocycles. The lowest BCUT2D eigenvalue weighted by molar-refractivity contribution is 0.268. The highest BCUT2D eigenvalue weighted by Gasteiger charge is 2.37. The van der Waals surface area contributed by atoms with Gasteiger partial charge in [-0.1, -0.05) is 12.1 Å². The van der Waals surface area contributed by atoms with Crippen LogP contribution < -0.4 is 15.4 Å². The Morgan fingerprint density at radius 1 is 1.17 bits per heavy atom. The molecule has 2 aliphatic rings. The zero-order chi connectivity index (χ0) is 12.5. The normalized spacial score (nSPS) is 31.2. The van der Waals surface area contributed by atoms with Gasteiger partial charge < -0.3 is 15.4 Å². The Labute approximate surface area is 109 Å². The molecular weight excluding hydrogens is 224 g/mol. The Morgan fingerprint density at radius 2 is 1.83 bits per heavy atom. The molecule has 0 aliphatic carbocycles. The summed E-state index contributed by atoms with van der Waals surface area (Å²) in [5.41, 5.74) is 7.43. The van der Waals surface area contributed by atoms with E-state index in [1.807, 2.05) is 6.07 Å². The van der Waals surface area contributed by atoms with E-state index < -0.39 is 0 Å². The van der Waals surface area contributed by atoms with Crippen LogP contribution in [0.3, 0.4) is 0 Å². The van der Waals surface area contributed by atoms with Crippen molar-refractivity contribution >= 4 is 5.69 Å². The average molecular weight is 246 g/mol. The van der Waals surface area contributed by atoms with E-state index in [-0.39, 0.29) is 0 Å². The number of methoxy groups -OCH3 is 1. The molecule has 3 heteroatoms. The number of para-hydroxylation sites is 2. The van der Waals surface area contributed by atoms with Gasteiger partial charge in [0.15, 0.2) is 0 Å². The van der Waals surface area contributed by atoms with Gasteiger partial charge in [0.1, 0.15) is 5.75 Å². The number of piperidine rings is 2. The molecule has 2 aliphatic heterocycles. The summed E-state index contributed by atoms with van der Waals surface area (Å²) in [6.45, 7) is 0. The number of ether oxygens (including phenoxy) is 1. The van der Waals surface area contributed by atoms with Crippen molar-refractivity contribution in [1.82, 2.24) is 0 Å². The maximum Gasteiger partial charge on any atom is 0.142 e. The minimum atomic E-state index is 0.381. The standard InChI is InChI=1S/C15H22N2O/c1-18-15-8-3-2-7-14(15)17-12-5-4-6-13(17)10-11(16)9-12/h2-3,7-8,11-13H,4-6,9-10,16H2,1H3. The average Bonchev–Trinajstić information content (AvgIpc) is 2.37. The summed E-state index contributed by atoms with van der Waals surface area (Å²) in [6.07, 6.45) is 6.11. The number of rotatable bonds is 2. The fourth-order valence-corrected chi connectivity index (χ4v) is 3.66. The molecular formula is C15H22N2O. The number of hydrogen-bond donors (Lipinski definition) is 1. The number of nitrogens with two attached hydrogens (primary N) is 1. The number of anilines is 1. The second-order valence-electron chi connectivity index (χ2n) is 5.55. The van der Waals surface area contributed by atoms with E-state index in [1.54, 1.807) is 7.11 Å². The van der Waals surface area contributed by atoms with Gasteiger partial charge >= 0.3 is 0 Å². The monoisotopic (exact) mass is 246 g/mol. The third kappa shape index (κ3) is 1.97. The predicted octanol–water partition coefficient (Wildman–Crippen LogP) is 2.54. The predicted molar refractivity (Wildman–Crippen MR) is 74.1 cm³/mol. The highest BCUT2D eigenvalue weighted by Crippen LogP contribution is 2.40. The molecule has 2 atom stereocenters. The smallest absolute Gasteiger partial charge is 0.142 e. The van der Waals surface area contributed by atoms with E-state index in [0.717, 1.165) is 18.6 Å². The summed E-state index contributed by atoms with van der Waals surface area (Å²) >= 11 is 0. The van der Waals surface area contributed by atoms with Crippen LogP contribution in [0.1, 0.15) is 32.1 Å². The third-order valence-corrected chi connectivity index (χ3v) is 4.37. The number of fused-ring (bicyclic) bond motifs is 2. The van der Waals surface area contributed by atoms with Crippen LogP contribution in [0.5, 0.6) is 5.75 Å². The molecule has 3 rings (SSSR count). The molecule has 2 fully saturated rings. The van der Waals surface area contributed by atoms with E-state index in [0.29, 0.717) is 18.1 Å². The van der Waals surface area contributed by atoms with Crippen molar-refractivity contribution < 1.29 is 4.74 Å². The van der Waals surface area contributed by atoms with Crippen molar-refractivity contribution in [2.45, 2.75) is 50.2 Å². The van der Waals surface area contributed by atoms with Crippen molar-refractivity contribution in [2.75, 3.05) is 12.0 Å². The lowest BCUT2D eigenvalue weighted by Gasteiger charge is -2.49. The Morgan fingerprint density at radius 3 is 2.50 bits per heavy atom. The largest absolute Gasteiger partial charge is 0.495 e. The highest BCUT2D eigenvalue weighted by atomic mass is 16.5. The van der Waals surface area contributed by atoms with Crippen LogP contribution in [-0.4, -0.2) is 25.2 Å². The van der Waals surface area contributed by atoms with Crippen LogP contribution in [0.15, 0.2) is 24.3 Å². The molecule has 18 heavy (non-hydrogen) atoms. The van der Waals surface area contributed by atoms with Crippen molar-refractivity contribution in [3.63, 3.8) is 0 Å². The molecule has 0 amide bonds. The summed E-state index contributed by atoms with van der Waals surface area (Å²) in [5.74, 6) is 0.991. The molecule has 0 saturated carbocycles. The maximum absolute atomic E-state index is 6.18. The minimum Gasteiger partial charge on any atom is -0.495 e. The van der Waals surface area contributed by atoms with Crippen LogP contribution in [0, 0.1) is 0 Å². The Balaban J connectivity index is 1.95. The molecule has 0 radical (unpaired) electrons. The summed E-state index contributed by atoms with van der Waals surface area (Å²) in [5, 5.41) is 0. The van der Waals surface area contributed by atoms with E-state index in [4.69, 9.17) is 10.5 Å². The summed E-state index contributed by atoms with van der Waals surface area (Å²) in [4.78, 5) is 2.58. The maximum atomic E-state index is 6.18. The Kier molecular flexibility index (Phi) is 3.16. The van der Waals surface area contributed by atoms with Crippen LogP contribution in [0.25, 0.3) is 0 Å². The van der Waals surface area contributed by atoms with Crippen molar-refractivity contribution in [3.8, 4) is 5.75 Å².